The predicted octanol–water partition coefficient (Wildman–Crippen LogP) is 2.13. The SMILES string of the molecule is CCN1CCN(C(=O)Nc2c(F)cccc2F)CC1. The number of carbonyl (C=O) groups is 1. The number of anilines is 1. The van der Waals surface area contributed by atoms with Gasteiger partial charge in [0.2, 0.25) is 0 Å². The van der Waals surface area contributed by atoms with Crippen LogP contribution in [0.5, 0.6) is 0 Å². The molecule has 1 aromatic carbocycles. The summed E-state index contributed by atoms with van der Waals surface area (Å²) in [7, 11) is 0. The number of likely N-dealkylation sites (N-methyl/N-ethyl adjacent to an activating group) is 1. The number of urea groups is 1. The van der Waals surface area contributed by atoms with Crippen LogP contribution in [0.15, 0.2) is 18.2 Å². The van der Waals surface area contributed by atoms with Crippen LogP contribution in [0.4, 0.5) is 19.3 Å². The lowest BCUT2D eigenvalue weighted by molar-refractivity contribution is 0.151. The standard InChI is InChI=1S/C13H17F2N3O/c1-2-17-6-8-18(9-7-17)13(19)16-12-10(14)4-3-5-11(12)15/h3-5H,2,6-9H2,1H3,(H,16,19). The molecular formula is C13H17F2N3O. The van der Waals surface area contributed by atoms with Crippen LogP contribution in [0.3, 0.4) is 0 Å². The van der Waals surface area contributed by atoms with Gasteiger partial charge in [-0.05, 0) is 18.7 Å². The van der Waals surface area contributed by atoms with Crippen molar-refractivity contribution in [2.45, 2.75) is 6.92 Å². The fourth-order valence-electron chi connectivity index (χ4n) is 2.07. The molecule has 6 heteroatoms. The largest absolute Gasteiger partial charge is 0.322 e. The van der Waals surface area contributed by atoms with Crippen molar-refractivity contribution in [1.82, 2.24) is 9.80 Å². The van der Waals surface area contributed by atoms with Gasteiger partial charge in [-0.25, -0.2) is 13.6 Å². The summed E-state index contributed by atoms with van der Waals surface area (Å²) in [4.78, 5) is 15.7. The van der Waals surface area contributed by atoms with Crippen molar-refractivity contribution >= 4 is 11.7 Å². The van der Waals surface area contributed by atoms with E-state index in [4.69, 9.17) is 0 Å². The molecule has 1 saturated heterocycles. The van der Waals surface area contributed by atoms with Gasteiger partial charge in [-0.15, -0.1) is 0 Å². The van der Waals surface area contributed by atoms with Gasteiger partial charge in [0.25, 0.3) is 0 Å². The monoisotopic (exact) mass is 269 g/mol. The second-order valence-corrected chi connectivity index (χ2v) is 4.45. The van der Waals surface area contributed by atoms with Crippen LogP contribution in [0.25, 0.3) is 0 Å². The highest BCUT2D eigenvalue weighted by Gasteiger charge is 2.21. The Morgan fingerprint density at radius 3 is 2.32 bits per heavy atom. The van der Waals surface area contributed by atoms with Gasteiger partial charge in [-0.3, -0.25) is 0 Å². The molecule has 1 heterocycles. The van der Waals surface area contributed by atoms with Gasteiger partial charge in [0, 0.05) is 26.2 Å². The van der Waals surface area contributed by atoms with E-state index in [1.54, 1.807) is 4.90 Å². The van der Waals surface area contributed by atoms with Gasteiger partial charge >= 0.3 is 6.03 Å². The minimum Gasteiger partial charge on any atom is -0.322 e. The third-order valence-corrected chi connectivity index (χ3v) is 3.30. The molecule has 0 radical (unpaired) electrons. The van der Waals surface area contributed by atoms with Crippen LogP contribution in [-0.2, 0) is 0 Å². The van der Waals surface area contributed by atoms with E-state index in [1.807, 2.05) is 0 Å². The molecule has 0 saturated carbocycles. The predicted molar refractivity (Wildman–Crippen MR) is 69.1 cm³/mol. The first-order valence-electron chi connectivity index (χ1n) is 6.34. The molecule has 104 valence electrons. The van der Waals surface area contributed by atoms with E-state index in [-0.39, 0.29) is 5.69 Å². The highest BCUT2D eigenvalue weighted by molar-refractivity contribution is 5.89. The van der Waals surface area contributed by atoms with E-state index in [9.17, 15) is 13.6 Å². The van der Waals surface area contributed by atoms with E-state index >= 15 is 0 Å². The van der Waals surface area contributed by atoms with Crippen molar-refractivity contribution in [3.63, 3.8) is 0 Å². The lowest BCUT2D eigenvalue weighted by Gasteiger charge is -2.34. The lowest BCUT2D eigenvalue weighted by Crippen LogP contribution is -2.49. The number of hydrogen-bond donors (Lipinski definition) is 1. The number of benzene rings is 1. The van der Waals surface area contributed by atoms with Crippen LogP contribution >= 0.6 is 0 Å². The normalized spacial score (nSPS) is 16.5. The average Bonchev–Trinajstić information content (AvgIpc) is 2.43. The summed E-state index contributed by atoms with van der Waals surface area (Å²) in [5, 5.41) is 2.30. The van der Waals surface area contributed by atoms with Gasteiger partial charge < -0.3 is 15.1 Å². The number of nitrogens with zero attached hydrogens (tertiary/aromatic N) is 2. The van der Waals surface area contributed by atoms with Crippen molar-refractivity contribution in [1.29, 1.82) is 0 Å². The molecule has 0 bridgehead atoms. The van der Waals surface area contributed by atoms with E-state index in [2.05, 4.69) is 17.1 Å². The fraction of sp³-hybridized carbons (Fsp3) is 0.462. The third kappa shape index (κ3) is 3.20. The van der Waals surface area contributed by atoms with E-state index in [0.29, 0.717) is 13.1 Å². The Balaban J connectivity index is 1.98. The Hall–Kier alpha value is -1.69. The molecular weight excluding hydrogens is 252 g/mol. The summed E-state index contributed by atoms with van der Waals surface area (Å²) < 4.78 is 26.8. The molecule has 0 aliphatic carbocycles. The maximum atomic E-state index is 13.4. The maximum Gasteiger partial charge on any atom is 0.322 e. The van der Waals surface area contributed by atoms with Crippen molar-refractivity contribution in [3.05, 3.63) is 29.8 Å². The zero-order valence-corrected chi connectivity index (χ0v) is 10.8. The Bertz CT molecular complexity index is 439. The quantitative estimate of drug-likeness (QED) is 0.892. The number of para-hydroxylation sites is 1. The molecule has 0 unspecified atom stereocenters. The number of hydrogen-bond acceptors (Lipinski definition) is 2. The third-order valence-electron chi connectivity index (χ3n) is 3.30. The van der Waals surface area contributed by atoms with E-state index in [1.165, 1.54) is 6.07 Å². The van der Waals surface area contributed by atoms with Crippen LogP contribution in [0.1, 0.15) is 6.92 Å². The molecule has 2 rings (SSSR count). The van der Waals surface area contributed by atoms with Crippen molar-refractivity contribution in [2.24, 2.45) is 0 Å². The number of halogens is 2. The topological polar surface area (TPSA) is 35.6 Å². The fourth-order valence-corrected chi connectivity index (χ4v) is 2.07. The Morgan fingerprint density at radius 2 is 1.79 bits per heavy atom. The van der Waals surface area contributed by atoms with Gasteiger partial charge in [0.1, 0.15) is 17.3 Å². The Kier molecular flexibility index (Phi) is 4.31. The smallest absolute Gasteiger partial charge is 0.322 e. The summed E-state index contributed by atoms with van der Waals surface area (Å²) in [5.74, 6) is -1.53. The molecule has 1 fully saturated rings. The molecule has 1 aliphatic heterocycles. The average molecular weight is 269 g/mol. The van der Waals surface area contributed by atoms with Crippen LogP contribution in [0, 0.1) is 11.6 Å². The first-order valence-corrected chi connectivity index (χ1v) is 6.34. The molecule has 0 atom stereocenters. The molecule has 0 spiro atoms. The van der Waals surface area contributed by atoms with Crippen LogP contribution in [-0.4, -0.2) is 48.6 Å². The summed E-state index contributed by atoms with van der Waals surface area (Å²) >= 11 is 0. The number of carbonyl (C=O) groups excluding carboxylic acids is 1. The highest BCUT2D eigenvalue weighted by Crippen LogP contribution is 2.18. The molecule has 4 nitrogen and oxygen atoms in total. The second-order valence-electron chi connectivity index (χ2n) is 4.45. The summed E-state index contributed by atoms with van der Waals surface area (Å²) in [6.07, 6.45) is 0. The Morgan fingerprint density at radius 1 is 1.21 bits per heavy atom. The molecule has 0 aromatic heterocycles. The molecule has 1 N–H and O–H groups in total. The zero-order valence-electron chi connectivity index (χ0n) is 10.8. The molecule has 2 amide bonds. The molecule has 19 heavy (non-hydrogen) atoms. The summed E-state index contributed by atoms with van der Waals surface area (Å²) in [6.45, 7) is 5.70. The van der Waals surface area contributed by atoms with Gasteiger partial charge in [0.15, 0.2) is 0 Å². The molecule has 1 aromatic rings. The number of amides is 2. The first-order chi connectivity index (χ1) is 9.11. The second kappa shape index (κ2) is 5.97. The number of nitrogens with one attached hydrogen (secondary N) is 1. The van der Waals surface area contributed by atoms with Gasteiger partial charge in [-0.2, -0.15) is 0 Å². The molecule has 1 aliphatic rings. The van der Waals surface area contributed by atoms with E-state index in [0.717, 1.165) is 31.8 Å². The minimum atomic E-state index is -0.763. The minimum absolute atomic E-state index is 0.384. The maximum absolute atomic E-state index is 13.4. The van der Waals surface area contributed by atoms with Crippen molar-refractivity contribution in [2.75, 3.05) is 38.0 Å². The zero-order chi connectivity index (χ0) is 13.8. The number of piperazine rings is 1. The highest BCUT2D eigenvalue weighted by atomic mass is 19.1. The van der Waals surface area contributed by atoms with E-state index < -0.39 is 17.7 Å². The van der Waals surface area contributed by atoms with Crippen molar-refractivity contribution in [3.8, 4) is 0 Å². The van der Waals surface area contributed by atoms with Gasteiger partial charge in [-0.1, -0.05) is 13.0 Å². The van der Waals surface area contributed by atoms with Crippen LogP contribution < -0.4 is 5.32 Å². The van der Waals surface area contributed by atoms with Crippen molar-refractivity contribution < 1.29 is 13.6 Å². The number of rotatable bonds is 2. The van der Waals surface area contributed by atoms with Crippen LogP contribution in [0.2, 0.25) is 0 Å². The summed E-state index contributed by atoms with van der Waals surface area (Å²) in [5.41, 5.74) is -0.384. The first kappa shape index (κ1) is 13.7. The summed E-state index contributed by atoms with van der Waals surface area (Å²) in [6, 6.07) is 3.04. The lowest BCUT2D eigenvalue weighted by atomic mass is 10.3. The van der Waals surface area contributed by atoms with Gasteiger partial charge in [0.05, 0.1) is 0 Å². The Labute approximate surface area is 111 Å².